The molecule has 0 radical (unpaired) electrons. The van der Waals surface area contributed by atoms with Crippen LogP contribution in [0.4, 0.5) is 4.79 Å². The minimum absolute atomic E-state index is 0.0532. The number of pyridine rings is 1. The molecule has 2 aromatic rings. The Morgan fingerprint density at radius 3 is 2.83 bits per heavy atom. The summed E-state index contributed by atoms with van der Waals surface area (Å²) in [6.45, 7) is 1.97. The van der Waals surface area contributed by atoms with Crippen LogP contribution in [0.15, 0.2) is 34.8 Å². The molecule has 29 heavy (non-hydrogen) atoms. The highest BCUT2D eigenvalue weighted by Gasteiger charge is 2.30. The summed E-state index contributed by atoms with van der Waals surface area (Å²) in [5, 5.41) is 13.1. The van der Waals surface area contributed by atoms with E-state index < -0.39 is 12.1 Å². The molecule has 1 unspecified atom stereocenters. The van der Waals surface area contributed by atoms with E-state index in [-0.39, 0.29) is 18.5 Å². The average molecular weight is 483 g/mol. The first-order valence-corrected chi connectivity index (χ1v) is 10.3. The summed E-state index contributed by atoms with van der Waals surface area (Å²) >= 11 is 9.78. The number of ether oxygens (including phenoxy) is 1. The maximum absolute atomic E-state index is 11.9. The van der Waals surface area contributed by atoms with E-state index in [0.717, 1.165) is 10.0 Å². The lowest BCUT2D eigenvalue weighted by molar-refractivity contribution is -0.119. The lowest BCUT2D eigenvalue weighted by Gasteiger charge is -2.29. The third kappa shape index (κ3) is 4.64. The van der Waals surface area contributed by atoms with Crippen molar-refractivity contribution in [1.82, 2.24) is 15.2 Å². The average Bonchev–Trinajstić information content (AvgIpc) is 3.12. The standard InChI is InChI=1S/C20H21BrClN3O4/c1-11(25(20(27)28)10-12-6-9-17(26)23-12)13-7-8-16(24-19(13)29-2)14-4-3-5-15(21)18(14)22/h3-5,7-8,11-12H,6,9-10H2,1-2H3,(H,23,26)(H,27,28)/t11-,12?/m1/s1. The second-order valence-electron chi connectivity index (χ2n) is 6.81. The fourth-order valence-electron chi connectivity index (χ4n) is 3.41. The van der Waals surface area contributed by atoms with Crippen molar-refractivity contribution in [2.45, 2.75) is 31.8 Å². The van der Waals surface area contributed by atoms with Crippen LogP contribution in [-0.2, 0) is 4.79 Å². The molecule has 1 fully saturated rings. The quantitative estimate of drug-likeness (QED) is 0.633. The Labute approximate surface area is 182 Å². The maximum Gasteiger partial charge on any atom is 0.407 e. The van der Waals surface area contributed by atoms with Crippen LogP contribution in [0.1, 0.15) is 31.4 Å². The molecule has 2 N–H and O–H groups in total. The zero-order valence-electron chi connectivity index (χ0n) is 16.0. The number of benzene rings is 1. The van der Waals surface area contributed by atoms with Crippen molar-refractivity contribution in [1.29, 1.82) is 0 Å². The maximum atomic E-state index is 11.9. The molecular formula is C20H21BrClN3O4. The number of aromatic nitrogens is 1. The van der Waals surface area contributed by atoms with Crippen molar-refractivity contribution < 1.29 is 19.4 Å². The number of hydrogen-bond acceptors (Lipinski definition) is 4. The number of halogens is 2. The smallest absolute Gasteiger partial charge is 0.407 e. The van der Waals surface area contributed by atoms with Crippen molar-refractivity contribution in [3.05, 3.63) is 45.4 Å². The lowest BCUT2D eigenvalue weighted by Crippen LogP contribution is -2.42. The van der Waals surface area contributed by atoms with Crippen molar-refractivity contribution in [3.8, 4) is 17.1 Å². The van der Waals surface area contributed by atoms with Gasteiger partial charge in [0.2, 0.25) is 11.8 Å². The van der Waals surface area contributed by atoms with Gasteiger partial charge in [-0.15, -0.1) is 0 Å². The number of hydrogen-bond donors (Lipinski definition) is 2. The molecular weight excluding hydrogens is 462 g/mol. The second kappa shape index (κ2) is 9.00. The van der Waals surface area contributed by atoms with Crippen LogP contribution < -0.4 is 10.1 Å². The number of rotatable bonds is 6. The van der Waals surface area contributed by atoms with Gasteiger partial charge in [-0.25, -0.2) is 9.78 Å². The van der Waals surface area contributed by atoms with Crippen molar-refractivity contribution in [2.24, 2.45) is 0 Å². The van der Waals surface area contributed by atoms with Gasteiger partial charge in [0.25, 0.3) is 0 Å². The van der Waals surface area contributed by atoms with E-state index in [1.54, 1.807) is 19.1 Å². The number of amides is 2. The van der Waals surface area contributed by atoms with E-state index in [2.05, 4.69) is 26.2 Å². The van der Waals surface area contributed by atoms with Gasteiger partial charge in [-0.3, -0.25) is 9.69 Å². The molecule has 154 valence electrons. The molecule has 0 spiro atoms. The van der Waals surface area contributed by atoms with E-state index in [9.17, 15) is 14.7 Å². The van der Waals surface area contributed by atoms with Crippen molar-refractivity contribution in [2.75, 3.05) is 13.7 Å². The third-order valence-electron chi connectivity index (χ3n) is 4.98. The number of nitrogens with zero attached hydrogens (tertiary/aromatic N) is 2. The number of carboxylic acid groups (broad SMARTS) is 1. The van der Waals surface area contributed by atoms with Gasteiger partial charge in [-0.05, 0) is 47.5 Å². The highest BCUT2D eigenvalue weighted by atomic mass is 79.9. The van der Waals surface area contributed by atoms with E-state index >= 15 is 0 Å². The van der Waals surface area contributed by atoms with Crippen LogP contribution in [0.3, 0.4) is 0 Å². The molecule has 0 aliphatic carbocycles. The summed E-state index contributed by atoms with van der Waals surface area (Å²) in [6, 6.07) is 8.43. The first-order chi connectivity index (χ1) is 13.8. The monoisotopic (exact) mass is 481 g/mol. The van der Waals surface area contributed by atoms with Crippen LogP contribution in [0.25, 0.3) is 11.3 Å². The number of carbonyl (C=O) groups excluding carboxylic acids is 1. The van der Waals surface area contributed by atoms with Gasteiger partial charge < -0.3 is 15.2 Å². The topological polar surface area (TPSA) is 91.8 Å². The van der Waals surface area contributed by atoms with E-state index in [1.807, 2.05) is 18.2 Å². The molecule has 1 aliphatic heterocycles. The Morgan fingerprint density at radius 2 is 2.21 bits per heavy atom. The van der Waals surface area contributed by atoms with Gasteiger partial charge in [0, 0.05) is 34.6 Å². The molecule has 2 heterocycles. The Kier molecular flexibility index (Phi) is 6.64. The largest absolute Gasteiger partial charge is 0.481 e. The highest BCUT2D eigenvalue weighted by Crippen LogP contribution is 2.36. The first-order valence-electron chi connectivity index (χ1n) is 9.10. The minimum Gasteiger partial charge on any atom is -0.481 e. The summed E-state index contributed by atoms with van der Waals surface area (Å²) in [6.07, 6.45) is -0.0374. The van der Waals surface area contributed by atoms with Gasteiger partial charge in [0.1, 0.15) is 0 Å². The van der Waals surface area contributed by atoms with Gasteiger partial charge in [0.05, 0.1) is 23.9 Å². The molecule has 1 aliphatic rings. The minimum atomic E-state index is -1.07. The van der Waals surface area contributed by atoms with Gasteiger partial charge in [0.15, 0.2) is 0 Å². The number of carbonyl (C=O) groups is 2. The van der Waals surface area contributed by atoms with E-state index in [0.29, 0.717) is 35.0 Å². The molecule has 1 aromatic carbocycles. The Morgan fingerprint density at radius 1 is 1.45 bits per heavy atom. The number of nitrogens with one attached hydrogen (secondary N) is 1. The van der Waals surface area contributed by atoms with E-state index in [1.165, 1.54) is 12.0 Å². The third-order valence-corrected chi connectivity index (χ3v) is 6.27. The molecule has 2 atom stereocenters. The molecule has 0 saturated carbocycles. The van der Waals surface area contributed by atoms with Crippen LogP contribution in [0.2, 0.25) is 5.02 Å². The molecule has 1 aromatic heterocycles. The van der Waals surface area contributed by atoms with Gasteiger partial charge in [-0.1, -0.05) is 23.7 Å². The SMILES string of the molecule is COc1nc(-c2cccc(Br)c2Cl)ccc1[C@@H](C)N(CC1CCC(=O)N1)C(=O)O. The predicted molar refractivity (Wildman–Crippen MR) is 113 cm³/mol. The van der Waals surface area contributed by atoms with Gasteiger partial charge in [-0.2, -0.15) is 0 Å². The molecule has 2 amide bonds. The Bertz CT molecular complexity index is 940. The van der Waals surface area contributed by atoms with Crippen molar-refractivity contribution in [3.63, 3.8) is 0 Å². The fourth-order valence-corrected chi connectivity index (χ4v) is 3.99. The zero-order chi connectivity index (χ0) is 21.1. The van der Waals surface area contributed by atoms with Crippen molar-refractivity contribution >= 4 is 39.5 Å². The van der Waals surface area contributed by atoms with Crippen LogP contribution in [0, 0.1) is 0 Å². The van der Waals surface area contributed by atoms with Crippen LogP contribution in [0.5, 0.6) is 5.88 Å². The molecule has 9 heteroatoms. The summed E-state index contributed by atoms with van der Waals surface area (Å²) < 4.78 is 6.22. The molecule has 1 saturated heterocycles. The molecule has 3 rings (SSSR count). The second-order valence-corrected chi connectivity index (χ2v) is 8.04. The van der Waals surface area contributed by atoms with E-state index in [4.69, 9.17) is 16.3 Å². The normalized spacial score (nSPS) is 17.0. The Hall–Kier alpha value is -2.32. The first kappa shape index (κ1) is 21.4. The van der Waals surface area contributed by atoms with Crippen LogP contribution >= 0.6 is 27.5 Å². The van der Waals surface area contributed by atoms with Crippen LogP contribution in [-0.4, -0.2) is 46.7 Å². The number of methoxy groups -OCH3 is 1. The summed E-state index contributed by atoms with van der Waals surface area (Å²) in [7, 11) is 1.49. The fraction of sp³-hybridized carbons (Fsp3) is 0.350. The molecule has 0 bridgehead atoms. The molecule has 7 nitrogen and oxygen atoms in total. The Balaban J connectivity index is 1.91. The zero-order valence-corrected chi connectivity index (χ0v) is 18.3. The van der Waals surface area contributed by atoms with Gasteiger partial charge >= 0.3 is 6.09 Å². The summed E-state index contributed by atoms with van der Waals surface area (Å²) in [4.78, 5) is 29.2. The summed E-state index contributed by atoms with van der Waals surface area (Å²) in [5.74, 6) is 0.273. The lowest BCUT2D eigenvalue weighted by atomic mass is 10.0. The summed E-state index contributed by atoms with van der Waals surface area (Å²) in [5.41, 5.74) is 1.99. The predicted octanol–water partition coefficient (Wildman–Crippen LogP) is 4.49. The highest BCUT2D eigenvalue weighted by molar-refractivity contribution is 9.10.